The highest BCUT2D eigenvalue weighted by atomic mass is 16.7. The highest BCUT2D eigenvalue weighted by molar-refractivity contribution is 5.78. The van der Waals surface area contributed by atoms with Gasteiger partial charge in [-0.2, -0.15) is 0 Å². The van der Waals surface area contributed by atoms with E-state index >= 15 is 0 Å². The molecule has 0 aliphatic carbocycles. The molecule has 0 aromatic heterocycles. The Labute approximate surface area is 244 Å². The minimum Gasteiger partial charge on any atom is -0.458 e. The summed E-state index contributed by atoms with van der Waals surface area (Å²) >= 11 is 0. The van der Waals surface area contributed by atoms with Crippen LogP contribution >= 0.6 is 0 Å². The third kappa shape index (κ3) is 14.4. The molecule has 0 spiro atoms. The monoisotopic (exact) mass is 579 g/mol. The smallest absolute Gasteiger partial charge is 0.458 e. The van der Waals surface area contributed by atoms with Crippen molar-refractivity contribution in [1.29, 1.82) is 0 Å². The average Bonchev–Trinajstić information content (AvgIpc) is 2.77. The van der Waals surface area contributed by atoms with E-state index in [1.165, 1.54) is 12.1 Å². The van der Waals surface area contributed by atoms with Crippen LogP contribution < -0.4 is 15.2 Å². The third-order valence-corrected chi connectivity index (χ3v) is 6.03. The molecule has 232 valence electrons. The summed E-state index contributed by atoms with van der Waals surface area (Å²) in [5.41, 5.74) is 6.08. The Morgan fingerprint density at radius 2 is 1.17 bits per heavy atom. The maximum absolute atomic E-state index is 12.7. The topological polar surface area (TPSA) is 140 Å². The Balaban J connectivity index is 2.95. The summed E-state index contributed by atoms with van der Waals surface area (Å²) in [5, 5.41) is 0. The molecule has 41 heavy (non-hydrogen) atoms. The van der Waals surface area contributed by atoms with Crippen LogP contribution in [0.5, 0.6) is 11.5 Å². The fraction of sp³-hybridized carbons (Fsp3) is 0.677. The molecule has 0 aliphatic heterocycles. The van der Waals surface area contributed by atoms with E-state index in [4.69, 9.17) is 29.4 Å². The van der Waals surface area contributed by atoms with Gasteiger partial charge in [0.25, 0.3) is 0 Å². The Morgan fingerprint density at radius 1 is 0.707 bits per heavy atom. The maximum atomic E-state index is 12.7. The van der Waals surface area contributed by atoms with E-state index in [0.29, 0.717) is 5.56 Å². The average molecular weight is 580 g/mol. The van der Waals surface area contributed by atoms with E-state index in [-0.39, 0.29) is 53.6 Å². The first-order valence-electron chi connectivity index (χ1n) is 14.0. The van der Waals surface area contributed by atoms with Crippen LogP contribution in [-0.2, 0) is 35.0 Å². The van der Waals surface area contributed by atoms with Crippen molar-refractivity contribution in [3.63, 3.8) is 0 Å². The molecular weight excluding hydrogens is 530 g/mol. The highest BCUT2D eigenvalue weighted by Gasteiger charge is 2.27. The Bertz CT molecular complexity index is 1050. The van der Waals surface area contributed by atoms with Gasteiger partial charge < -0.3 is 29.4 Å². The molecule has 10 nitrogen and oxygen atoms in total. The number of carbonyl (C=O) groups excluding carboxylic acids is 4. The molecule has 1 rings (SSSR count). The second-order valence-corrected chi connectivity index (χ2v) is 13.3. The largest absolute Gasteiger partial charge is 0.508 e. The van der Waals surface area contributed by atoms with Crippen LogP contribution in [0, 0.1) is 16.7 Å². The van der Waals surface area contributed by atoms with Gasteiger partial charge in [-0.1, -0.05) is 61.5 Å². The van der Waals surface area contributed by atoms with Crippen molar-refractivity contribution in [1.82, 2.24) is 0 Å². The minimum absolute atomic E-state index is 0.0504. The zero-order valence-corrected chi connectivity index (χ0v) is 26.5. The molecule has 4 atom stereocenters. The fourth-order valence-electron chi connectivity index (χ4n) is 3.29. The molecular formula is C31H49NO9. The van der Waals surface area contributed by atoms with E-state index < -0.39 is 42.3 Å². The van der Waals surface area contributed by atoms with Gasteiger partial charge in [0.2, 0.25) is 0 Å². The summed E-state index contributed by atoms with van der Waals surface area (Å²) in [7, 11) is 0. The number of hydrogen-bond acceptors (Lipinski definition) is 10. The normalized spacial score (nSPS) is 14.9. The highest BCUT2D eigenvalue weighted by Crippen LogP contribution is 2.32. The van der Waals surface area contributed by atoms with Crippen LogP contribution in [0.4, 0.5) is 4.79 Å². The molecule has 0 heterocycles. The summed E-state index contributed by atoms with van der Waals surface area (Å²) in [6.07, 6.45) is -2.37. The first-order valence-corrected chi connectivity index (χ1v) is 14.0. The van der Waals surface area contributed by atoms with E-state index in [1.54, 1.807) is 26.8 Å². The van der Waals surface area contributed by atoms with Gasteiger partial charge in [-0.15, -0.1) is 0 Å². The van der Waals surface area contributed by atoms with Crippen LogP contribution in [0.3, 0.4) is 0 Å². The van der Waals surface area contributed by atoms with Gasteiger partial charge in [0, 0.05) is 0 Å². The molecule has 0 amide bonds. The van der Waals surface area contributed by atoms with Crippen molar-refractivity contribution in [2.24, 2.45) is 22.5 Å². The molecule has 1 unspecified atom stereocenters. The molecule has 2 N–H and O–H groups in total. The molecule has 0 fully saturated rings. The van der Waals surface area contributed by atoms with Crippen LogP contribution in [0.15, 0.2) is 18.2 Å². The minimum atomic E-state index is -1.06. The predicted octanol–water partition coefficient (Wildman–Crippen LogP) is 5.76. The molecule has 0 bridgehead atoms. The van der Waals surface area contributed by atoms with Crippen LogP contribution in [0.2, 0.25) is 0 Å². The number of rotatable bonds is 12. The number of carbonyl (C=O) groups is 4. The molecule has 0 aliphatic rings. The first kappa shape index (κ1) is 35.9. The van der Waals surface area contributed by atoms with Crippen LogP contribution in [0.1, 0.15) is 94.6 Å². The second-order valence-electron chi connectivity index (χ2n) is 13.3. The van der Waals surface area contributed by atoms with Crippen molar-refractivity contribution < 1.29 is 42.9 Å². The van der Waals surface area contributed by atoms with Gasteiger partial charge >= 0.3 is 24.1 Å². The Morgan fingerprint density at radius 3 is 1.66 bits per heavy atom. The molecule has 0 saturated carbocycles. The molecule has 1 aromatic rings. The third-order valence-electron chi connectivity index (χ3n) is 6.03. The Kier molecular flexibility index (Phi) is 13.3. The van der Waals surface area contributed by atoms with Crippen molar-refractivity contribution in [2.75, 3.05) is 0 Å². The zero-order valence-electron chi connectivity index (χ0n) is 26.5. The number of benzene rings is 1. The number of ether oxygens (including phenoxy) is 5. The quantitative estimate of drug-likeness (QED) is 0.240. The number of hydrogen-bond donors (Lipinski definition) is 1. The lowest BCUT2D eigenvalue weighted by atomic mass is 9.92. The number of esters is 3. The van der Waals surface area contributed by atoms with Gasteiger partial charge in [-0.3, -0.25) is 14.4 Å². The van der Waals surface area contributed by atoms with Gasteiger partial charge in [0.15, 0.2) is 11.5 Å². The number of nitrogens with two attached hydrogens (primary N) is 1. The SMILES string of the molecule is CC(C)C(C)OC(=O)O[C@@H](C)[C@H](C)OC(=O)[C@@H](N)Cc1ccc(OC(=O)CC(C)(C)C)c(OC(=O)CC(C)(C)C)c1. The van der Waals surface area contributed by atoms with Crippen LogP contribution in [0.25, 0.3) is 0 Å². The van der Waals surface area contributed by atoms with Gasteiger partial charge in [-0.05, 0) is 61.6 Å². The van der Waals surface area contributed by atoms with Gasteiger partial charge in [0.1, 0.15) is 24.4 Å². The van der Waals surface area contributed by atoms with Gasteiger partial charge in [0.05, 0.1) is 12.8 Å². The lowest BCUT2D eigenvalue weighted by Gasteiger charge is -2.23. The van der Waals surface area contributed by atoms with Crippen molar-refractivity contribution in [2.45, 2.75) is 120 Å². The van der Waals surface area contributed by atoms with E-state index in [1.807, 2.05) is 55.4 Å². The summed E-state index contributed by atoms with van der Waals surface area (Å²) in [6, 6.07) is 3.60. The van der Waals surface area contributed by atoms with E-state index in [9.17, 15) is 19.2 Å². The lowest BCUT2D eigenvalue weighted by Crippen LogP contribution is -2.39. The predicted molar refractivity (Wildman–Crippen MR) is 154 cm³/mol. The van der Waals surface area contributed by atoms with E-state index in [2.05, 4.69) is 0 Å². The van der Waals surface area contributed by atoms with E-state index in [0.717, 1.165) is 0 Å². The summed E-state index contributed by atoms with van der Waals surface area (Å²) < 4.78 is 26.9. The molecule has 0 saturated heterocycles. The molecule has 0 radical (unpaired) electrons. The maximum Gasteiger partial charge on any atom is 0.508 e. The first-order chi connectivity index (χ1) is 18.7. The second kappa shape index (κ2) is 15.2. The molecule has 1 aromatic carbocycles. The summed E-state index contributed by atoms with van der Waals surface area (Å²) in [4.78, 5) is 49.8. The Hall–Kier alpha value is -3.14. The fourth-order valence-corrected chi connectivity index (χ4v) is 3.29. The zero-order chi connectivity index (χ0) is 31.7. The van der Waals surface area contributed by atoms with Crippen molar-refractivity contribution >= 4 is 24.1 Å². The van der Waals surface area contributed by atoms with Gasteiger partial charge in [-0.25, -0.2) is 4.79 Å². The molecule has 10 heteroatoms. The summed E-state index contributed by atoms with van der Waals surface area (Å²) in [5.74, 6) is -1.38. The standard InChI is InChI=1S/C31H49NO9/c1-18(2)19(3)38-29(36)39-21(5)20(4)37-28(35)23(32)14-22-12-13-24(40-26(33)16-30(6,7)8)25(15-22)41-27(34)17-31(9,10)11/h12-13,15,18-21,23H,14,16-17,32H2,1-11H3/t19?,20-,21-,23-/m0/s1. The lowest BCUT2D eigenvalue weighted by molar-refractivity contribution is -0.156. The van der Waals surface area contributed by atoms with Crippen molar-refractivity contribution in [3.8, 4) is 11.5 Å². The van der Waals surface area contributed by atoms with Crippen molar-refractivity contribution in [3.05, 3.63) is 23.8 Å². The summed E-state index contributed by atoms with van der Waals surface area (Å²) in [6.45, 7) is 20.2. The van der Waals surface area contributed by atoms with Crippen LogP contribution in [-0.4, -0.2) is 48.4 Å².